The molecule has 1 amide bonds. The molecule has 1 aromatic carbocycles. The standard InChI is InChI=1S/C17H15F5N2O2S/c1-24(9-11-2-5-13(6-3-11)26-16(18)19)15(25)10-27-14-7-4-12(8-23-14)17(20,21)22/h2-8,16H,9-10H2,1H3. The monoisotopic (exact) mass is 406 g/mol. The fourth-order valence-corrected chi connectivity index (χ4v) is 2.80. The number of ether oxygens (including phenoxy) is 1. The molecule has 0 bridgehead atoms. The molecule has 1 aromatic heterocycles. The van der Waals surface area contributed by atoms with Crippen LogP contribution in [0.15, 0.2) is 47.6 Å². The van der Waals surface area contributed by atoms with Gasteiger partial charge in [-0.15, -0.1) is 0 Å². The molecule has 27 heavy (non-hydrogen) atoms. The summed E-state index contributed by atoms with van der Waals surface area (Å²) in [4.78, 5) is 17.2. The first-order valence-corrected chi connectivity index (χ1v) is 8.57. The van der Waals surface area contributed by atoms with E-state index in [0.717, 1.165) is 24.0 Å². The van der Waals surface area contributed by atoms with Crippen LogP contribution in [0.3, 0.4) is 0 Å². The molecule has 0 N–H and O–H groups in total. The van der Waals surface area contributed by atoms with Crippen molar-refractivity contribution >= 4 is 17.7 Å². The minimum Gasteiger partial charge on any atom is -0.435 e. The van der Waals surface area contributed by atoms with Crippen LogP contribution >= 0.6 is 11.8 Å². The normalized spacial score (nSPS) is 11.5. The molecule has 0 atom stereocenters. The molecular weight excluding hydrogens is 391 g/mol. The van der Waals surface area contributed by atoms with Crippen LogP contribution in [0.4, 0.5) is 22.0 Å². The Hall–Kier alpha value is -2.36. The van der Waals surface area contributed by atoms with Crippen molar-refractivity contribution in [3.05, 3.63) is 53.7 Å². The summed E-state index contributed by atoms with van der Waals surface area (Å²) in [5.74, 6) is -0.234. The number of hydrogen-bond acceptors (Lipinski definition) is 4. The van der Waals surface area contributed by atoms with E-state index in [1.807, 2.05) is 0 Å². The van der Waals surface area contributed by atoms with Gasteiger partial charge in [-0.25, -0.2) is 4.98 Å². The van der Waals surface area contributed by atoms with Crippen molar-refractivity contribution in [3.8, 4) is 5.75 Å². The highest BCUT2D eigenvalue weighted by Crippen LogP contribution is 2.29. The van der Waals surface area contributed by atoms with Crippen LogP contribution in [0.25, 0.3) is 0 Å². The molecule has 0 saturated carbocycles. The summed E-state index contributed by atoms with van der Waals surface area (Å²) >= 11 is 1.02. The lowest BCUT2D eigenvalue weighted by Crippen LogP contribution is -2.27. The molecule has 0 unspecified atom stereocenters. The zero-order chi connectivity index (χ0) is 20.0. The lowest BCUT2D eigenvalue weighted by molar-refractivity contribution is -0.138. The third-order valence-electron chi connectivity index (χ3n) is 3.40. The molecule has 0 radical (unpaired) electrons. The van der Waals surface area contributed by atoms with Gasteiger partial charge in [-0.05, 0) is 29.8 Å². The van der Waals surface area contributed by atoms with Gasteiger partial charge in [-0.2, -0.15) is 22.0 Å². The Morgan fingerprint density at radius 1 is 1.19 bits per heavy atom. The van der Waals surface area contributed by atoms with Gasteiger partial charge in [0.15, 0.2) is 0 Å². The van der Waals surface area contributed by atoms with E-state index in [1.54, 1.807) is 19.2 Å². The van der Waals surface area contributed by atoms with Crippen LogP contribution < -0.4 is 4.74 Å². The third kappa shape index (κ3) is 6.70. The van der Waals surface area contributed by atoms with Crippen molar-refractivity contribution in [2.45, 2.75) is 24.4 Å². The van der Waals surface area contributed by atoms with Gasteiger partial charge in [0.2, 0.25) is 5.91 Å². The molecule has 0 spiro atoms. The molecule has 2 aromatic rings. The third-order valence-corrected chi connectivity index (χ3v) is 4.33. The van der Waals surface area contributed by atoms with Crippen LogP contribution in [0.2, 0.25) is 0 Å². The zero-order valence-corrected chi connectivity index (χ0v) is 14.9. The van der Waals surface area contributed by atoms with E-state index < -0.39 is 18.4 Å². The van der Waals surface area contributed by atoms with E-state index in [0.29, 0.717) is 10.6 Å². The first kappa shape index (κ1) is 20.9. The van der Waals surface area contributed by atoms with E-state index in [1.165, 1.54) is 23.1 Å². The fraction of sp³-hybridized carbons (Fsp3) is 0.294. The van der Waals surface area contributed by atoms with Gasteiger partial charge in [-0.3, -0.25) is 4.79 Å². The number of benzene rings is 1. The molecule has 146 valence electrons. The summed E-state index contributed by atoms with van der Waals surface area (Å²) in [7, 11) is 1.56. The predicted molar refractivity (Wildman–Crippen MR) is 89.5 cm³/mol. The highest BCUT2D eigenvalue weighted by molar-refractivity contribution is 7.99. The maximum Gasteiger partial charge on any atom is 0.417 e. The number of rotatable bonds is 7. The summed E-state index contributed by atoms with van der Waals surface area (Å²) < 4.78 is 65.9. The van der Waals surface area contributed by atoms with Crippen molar-refractivity contribution in [2.75, 3.05) is 12.8 Å². The average molecular weight is 406 g/mol. The summed E-state index contributed by atoms with van der Waals surface area (Å²) in [6.07, 6.45) is -3.73. The minimum absolute atomic E-state index is 0.00143. The first-order chi connectivity index (χ1) is 12.6. The van der Waals surface area contributed by atoms with E-state index in [2.05, 4.69) is 9.72 Å². The fourth-order valence-electron chi connectivity index (χ4n) is 2.02. The van der Waals surface area contributed by atoms with Crippen molar-refractivity contribution in [1.29, 1.82) is 0 Å². The second-order valence-electron chi connectivity index (χ2n) is 5.44. The molecule has 10 heteroatoms. The first-order valence-electron chi connectivity index (χ1n) is 7.59. The van der Waals surface area contributed by atoms with Crippen LogP contribution in [0.1, 0.15) is 11.1 Å². The number of amides is 1. The molecule has 0 saturated heterocycles. The van der Waals surface area contributed by atoms with E-state index in [9.17, 15) is 26.7 Å². The zero-order valence-electron chi connectivity index (χ0n) is 14.0. The highest BCUT2D eigenvalue weighted by atomic mass is 32.2. The number of nitrogens with zero attached hydrogens (tertiary/aromatic N) is 2. The highest BCUT2D eigenvalue weighted by Gasteiger charge is 2.30. The maximum atomic E-state index is 12.5. The lowest BCUT2D eigenvalue weighted by atomic mass is 10.2. The van der Waals surface area contributed by atoms with E-state index >= 15 is 0 Å². The Balaban J connectivity index is 1.84. The van der Waals surface area contributed by atoms with Gasteiger partial charge >= 0.3 is 12.8 Å². The SMILES string of the molecule is CN(Cc1ccc(OC(F)F)cc1)C(=O)CSc1ccc(C(F)(F)F)cn1. The second-order valence-corrected chi connectivity index (χ2v) is 6.44. The van der Waals surface area contributed by atoms with Gasteiger partial charge < -0.3 is 9.64 Å². The molecule has 0 fully saturated rings. The minimum atomic E-state index is -4.46. The number of alkyl halides is 5. The Kier molecular flexibility index (Phi) is 7.00. The van der Waals surface area contributed by atoms with E-state index in [4.69, 9.17) is 0 Å². The number of halogens is 5. The molecule has 2 rings (SSSR count). The Morgan fingerprint density at radius 2 is 1.85 bits per heavy atom. The summed E-state index contributed by atoms with van der Waals surface area (Å²) in [5, 5.41) is 0.304. The van der Waals surface area contributed by atoms with Crippen LogP contribution in [-0.4, -0.2) is 35.2 Å². The average Bonchev–Trinajstić information content (AvgIpc) is 2.60. The van der Waals surface area contributed by atoms with Crippen LogP contribution in [0, 0.1) is 0 Å². The smallest absolute Gasteiger partial charge is 0.417 e. The second kappa shape index (κ2) is 9.03. The molecule has 0 aliphatic rings. The predicted octanol–water partition coefficient (Wildman–Crippen LogP) is 4.45. The number of thioether (sulfide) groups is 1. The van der Waals surface area contributed by atoms with Gasteiger partial charge in [0.05, 0.1) is 16.3 Å². The summed E-state index contributed by atoms with van der Waals surface area (Å²) in [6.45, 7) is -2.66. The topological polar surface area (TPSA) is 42.4 Å². The van der Waals surface area contributed by atoms with Gasteiger partial charge in [0.25, 0.3) is 0 Å². The lowest BCUT2D eigenvalue weighted by Gasteiger charge is -2.17. The Bertz CT molecular complexity index is 751. The molecular formula is C17H15F5N2O2S. The molecule has 4 nitrogen and oxygen atoms in total. The quantitative estimate of drug-likeness (QED) is 0.503. The van der Waals surface area contributed by atoms with Gasteiger partial charge in [0, 0.05) is 19.8 Å². The molecule has 1 heterocycles. The van der Waals surface area contributed by atoms with Crippen molar-refractivity contribution < 1.29 is 31.5 Å². The van der Waals surface area contributed by atoms with Gasteiger partial charge in [0.1, 0.15) is 5.75 Å². The molecule has 0 aliphatic carbocycles. The molecule has 0 aliphatic heterocycles. The Morgan fingerprint density at radius 3 is 2.37 bits per heavy atom. The number of aromatic nitrogens is 1. The van der Waals surface area contributed by atoms with Crippen molar-refractivity contribution in [1.82, 2.24) is 9.88 Å². The number of pyridine rings is 1. The van der Waals surface area contributed by atoms with Crippen LogP contribution in [-0.2, 0) is 17.5 Å². The van der Waals surface area contributed by atoms with Gasteiger partial charge in [-0.1, -0.05) is 23.9 Å². The Labute approximate surface area is 156 Å². The number of carbonyl (C=O) groups is 1. The number of carbonyl (C=O) groups excluding carboxylic acids is 1. The van der Waals surface area contributed by atoms with Crippen molar-refractivity contribution in [2.24, 2.45) is 0 Å². The largest absolute Gasteiger partial charge is 0.435 e. The number of hydrogen-bond donors (Lipinski definition) is 0. The van der Waals surface area contributed by atoms with Crippen LogP contribution in [0.5, 0.6) is 5.75 Å². The summed E-state index contributed by atoms with van der Waals surface area (Å²) in [6, 6.07) is 7.99. The maximum absolute atomic E-state index is 12.5. The van der Waals surface area contributed by atoms with E-state index in [-0.39, 0.29) is 24.0 Å². The van der Waals surface area contributed by atoms with Crippen molar-refractivity contribution in [3.63, 3.8) is 0 Å². The summed E-state index contributed by atoms with van der Waals surface area (Å²) in [5.41, 5.74) is -0.139.